The smallest absolute Gasteiger partial charge is 0.410 e. The molecule has 6 nitrogen and oxygen atoms in total. The van der Waals surface area contributed by atoms with E-state index >= 15 is 0 Å². The van der Waals surface area contributed by atoms with Crippen molar-refractivity contribution in [2.45, 2.75) is 25.0 Å². The molecule has 4 rings (SSSR count). The molecule has 2 aromatic carbocycles. The molecule has 140 valence electrons. The zero-order chi connectivity index (χ0) is 19.0. The van der Waals surface area contributed by atoms with E-state index in [2.05, 4.69) is 12.1 Å². The molecule has 1 amide bonds. The molecule has 1 aliphatic heterocycles. The minimum Gasteiger partial charge on any atom is -0.480 e. The number of morpholine rings is 1. The Kier molecular flexibility index (Phi) is 4.58. The van der Waals surface area contributed by atoms with Gasteiger partial charge in [0.25, 0.3) is 0 Å². The first-order valence-corrected chi connectivity index (χ1v) is 9.04. The number of hydrogen-bond donors (Lipinski definition) is 1. The highest BCUT2D eigenvalue weighted by Crippen LogP contribution is 2.44. The van der Waals surface area contributed by atoms with Gasteiger partial charge in [-0.2, -0.15) is 0 Å². The van der Waals surface area contributed by atoms with Gasteiger partial charge in [0.05, 0.1) is 12.7 Å². The Morgan fingerprint density at radius 2 is 1.70 bits per heavy atom. The number of carboxylic acid groups (broad SMARTS) is 1. The Morgan fingerprint density at radius 1 is 1.11 bits per heavy atom. The van der Waals surface area contributed by atoms with Crippen LogP contribution in [-0.4, -0.2) is 54.0 Å². The third kappa shape index (κ3) is 3.06. The maximum Gasteiger partial charge on any atom is 0.410 e. The molecule has 0 aromatic heterocycles. The zero-order valence-electron chi connectivity index (χ0n) is 15.0. The van der Waals surface area contributed by atoms with Gasteiger partial charge in [-0.05, 0) is 29.2 Å². The molecule has 1 heterocycles. The standard InChI is InChI=1S/C21H21NO5/c1-13-19(20(23)24)22(10-11-26-13)21(25)27-12-18-16-8-4-2-6-14(16)15-7-3-5-9-17(15)18/h2-9,13,18-19H,10-12H2,1H3,(H,23,24)/t13-,19+/m0/s1. The number of rotatable bonds is 3. The Hall–Kier alpha value is -2.86. The van der Waals surface area contributed by atoms with Crippen molar-refractivity contribution < 1.29 is 24.2 Å². The second-order valence-electron chi connectivity index (χ2n) is 6.86. The number of ether oxygens (including phenoxy) is 2. The number of carboxylic acids is 1. The van der Waals surface area contributed by atoms with Crippen molar-refractivity contribution in [1.82, 2.24) is 4.90 Å². The minimum absolute atomic E-state index is 0.0527. The van der Waals surface area contributed by atoms with E-state index in [1.807, 2.05) is 36.4 Å². The summed E-state index contributed by atoms with van der Waals surface area (Å²) in [6, 6.07) is 15.1. The summed E-state index contributed by atoms with van der Waals surface area (Å²) in [5, 5.41) is 9.44. The van der Waals surface area contributed by atoms with Crippen LogP contribution in [0.5, 0.6) is 0 Å². The minimum atomic E-state index is -1.09. The van der Waals surface area contributed by atoms with Crippen LogP contribution in [0.2, 0.25) is 0 Å². The van der Waals surface area contributed by atoms with Crippen LogP contribution in [0, 0.1) is 0 Å². The van der Waals surface area contributed by atoms with Gasteiger partial charge in [0.2, 0.25) is 0 Å². The van der Waals surface area contributed by atoms with Gasteiger partial charge in [-0.25, -0.2) is 9.59 Å². The van der Waals surface area contributed by atoms with Gasteiger partial charge in [0, 0.05) is 12.5 Å². The molecule has 0 bridgehead atoms. The lowest BCUT2D eigenvalue weighted by molar-refractivity contribution is -0.153. The molecule has 2 atom stereocenters. The third-order valence-corrected chi connectivity index (χ3v) is 5.32. The number of hydrogen-bond acceptors (Lipinski definition) is 4. The summed E-state index contributed by atoms with van der Waals surface area (Å²) in [6.45, 7) is 2.33. The number of carbonyl (C=O) groups excluding carboxylic acids is 1. The lowest BCUT2D eigenvalue weighted by Crippen LogP contribution is -2.56. The number of nitrogens with zero attached hydrogens (tertiary/aromatic N) is 1. The van der Waals surface area contributed by atoms with Crippen molar-refractivity contribution in [2.24, 2.45) is 0 Å². The van der Waals surface area contributed by atoms with E-state index in [-0.39, 0.29) is 19.1 Å². The van der Waals surface area contributed by atoms with Crippen molar-refractivity contribution in [2.75, 3.05) is 19.8 Å². The number of fused-ring (bicyclic) bond motifs is 3. The Labute approximate surface area is 157 Å². The first-order valence-electron chi connectivity index (χ1n) is 9.04. The van der Waals surface area contributed by atoms with Gasteiger partial charge in [0.15, 0.2) is 6.04 Å². The van der Waals surface area contributed by atoms with Crippen LogP contribution in [-0.2, 0) is 14.3 Å². The summed E-state index contributed by atoms with van der Waals surface area (Å²) >= 11 is 0. The molecule has 0 unspecified atom stereocenters. The summed E-state index contributed by atoms with van der Waals surface area (Å²) in [5.74, 6) is -1.14. The lowest BCUT2D eigenvalue weighted by Gasteiger charge is -2.36. The molecular formula is C21H21NO5. The van der Waals surface area contributed by atoms with Gasteiger partial charge in [-0.3, -0.25) is 4.90 Å². The monoisotopic (exact) mass is 367 g/mol. The molecule has 1 saturated heterocycles. The molecule has 0 radical (unpaired) electrons. The summed E-state index contributed by atoms with van der Waals surface area (Å²) in [6.07, 6.45) is -1.18. The maximum atomic E-state index is 12.6. The van der Waals surface area contributed by atoms with E-state index in [4.69, 9.17) is 9.47 Å². The maximum absolute atomic E-state index is 12.6. The van der Waals surface area contributed by atoms with Crippen LogP contribution in [0.3, 0.4) is 0 Å². The number of amides is 1. The lowest BCUT2D eigenvalue weighted by atomic mass is 9.98. The summed E-state index contributed by atoms with van der Waals surface area (Å²) < 4.78 is 10.9. The zero-order valence-corrected chi connectivity index (χ0v) is 15.0. The van der Waals surface area contributed by atoms with Gasteiger partial charge < -0.3 is 14.6 Å². The molecule has 27 heavy (non-hydrogen) atoms. The molecule has 2 aliphatic rings. The van der Waals surface area contributed by atoms with E-state index in [1.54, 1.807) is 6.92 Å². The third-order valence-electron chi connectivity index (χ3n) is 5.32. The van der Waals surface area contributed by atoms with Crippen molar-refractivity contribution in [3.8, 4) is 11.1 Å². The van der Waals surface area contributed by atoms with Crippen LogP contribution in [0.15, 0.2) is 48.5 Å². The number of benzene rings is 2. The molecule has 0 saturated carbocycles. The van der Waals surface area contributed by atoms with Gasteiger partial charge in [0.1, 0.15) is 6.61 Å². The van der Waals surface area contributed by atoms with Gasteiger partial charge in [-0.1, -0.05) is 48.5 Å². The number of aliphatic carboxylic acids is 1. The van der Waals surface area contributed by atoms with Crippen LogP contribution < -0.4 is 0 Å². The first-order chi connectivity index (χ1) is 13.1. The van der Waals surface area contributed by atoms with Crippen molar-refractivity contribution in [3.05, 3.63) is 59.7 Å². The van der Waals surface area contributed by atoms with E-state index in [9.17, 15) is 14.7 Å². The predicted octanol–water partition coefficient (Wildman–Crippen LogP) is 3.11. The van der Waals surface area contributed by atoms with E-state index in [0.29, 0.717) is 6.61 Å². The van der Waals surface area contributed by atoms with Crippen molar-refractivity contribution in [3.63, 3.8) is 0 Å². The Balaban J connectivity index is 1.53. The second-order valence-corrected chi connectivity index (χ2v) is 6.86. The van der Waals surface area contributed by atoms with Gasteiger partial charge in [-0.15, -0.1) is 0 Å². The largest absolute Gasteiger partial charge is 0.480 e. The fourth-order valence-corrected chi connectivity index (χ4v) is 4.04. The van der Waals surface area contributed by atoms with Crippen LogP contribution in [0.1, 0.15) is 24.0 Å². The van der Waals surface area contributed by atoms with E-state index < -0.39 is 24.2 Å². The average molecular weight is 367 g/mol. The number of carbonyl (C=O) groups is 2. The fraction of sp³-hybridized carbons (Fsp3) is 0.333. The first kappa shape index (κ1) is 17.5. The van der Waals surface area contributed by atoms with Crippen LogP contribution in [0.25, 0.3) is 11.1 Å². The molecule has 0 spiro atoms. The fourth-order valence-electron chi connectivity index (χ4n) is 4.04. The van der Waals surface area contributed by atoms with E-state index in [1.165, 1.54) is 4.90 Å². The Morgan fingerprint density at radius 3 is 2.30 bits per heavy atom. The molecule has 2 aromatic rings. The Bertz CT molecular complexity index is 835. The molecule has 1 aliphatic carbocycles. The molecular weight excluding hydrogens is 346 g/mol. The van der Waals surface area contributed by atoms with Crippen molar-refractivity contribution >= 4 is 12.1 Å². The SMILES string of the molecule is C[C@@H]1OCCN(C(=O)OCC2c3ccccc3-c3ccccc32)[C@H]1C(=O)O. The molecule has 1 N–H and O–H groups in total. The highest BCUT2D eigenvalue weighted by molar-refractivity contribution is 5.81. The predicted molar refractivity (Wildman–Crippen MR) is 98.6 cm³/mol. The normalized spacial score (nSPS) is 21.4. The molecule has 6 heteroatoms. The van der Waals surface area contributed by atoms with Crippen molar-refractivity contribution in [1.29, 1.82) is 0 Å². The highest BCUT2D eigenvalue weighted by Gasteiger charge is 2.39. The second kappa shape index (κ2) is 7.04. The molecule has 1 fully saturated rings. The topological polar surface area (TPSA) is 76.1 Å². The summed E-state index contributed by atoms with van der Waals surface area (Å²) in [5.41, 5.74) is 4.54. The van der Waals surface area contributed by atoms with Crippen LogP contribution in [0.4, 0.5) is 4.79 Å². The van der Waals surface area contributed by atoms with E-state index in [0.717, 1.165) is 22.3 Å². The van der Waals surface area contributed by atoms with Gasteiger partial charge >= 0.3 is 12.1 Å². The average Bonchev–Trinajstić information content (AvgIpc) is 2.99. The highest BCUT2D eigenvalue weighted by atomic mass is 16.6. The van der Waals surface area contributed by atoms with Crippen LogP contribution >= 0.6 is 0 Å². The summed E-state index contributed by atoms with van der Waals surface area (Å²) in [7, 11) is 0. The quantitative estimate of drug-likeness (QED) is 0.902. The summed E-state index contributed by atoms with van der Waals surface area (Å²) in [4.78, 5) is 25.4.